The van der Waals surface area contributed by atoms with E-state index in [2.05, 4.69) is 10.4 Å². The minimum atomic E-state index is -0.538. The van der Waals surface area contributed by atoms with Crippen molar-refractivity contribution in [2.75, 3.05) is 4.90 Å². The van der Waals surface area contributed by atoms with Crippen LogP contribution >= 0.6 is 12.2 Å². The van der Waals surface area contributed by atoms with Crippen LogP contribution in [-0.2, 0) is 16.6 Å². The van der Waals surface area contributed by atoms with Crippen molar-refractivity contribution < 1.29 is 14.3 Å². The van der Waals surface area contributed by atoms with E-state index in [0.717, 1.165) is 5.69 Å². The van der Waals surface area contributed by atoms with Crippen LogP contribution in [0, 0.1) is 6.92 Å². The highest BCUT2D eigenvalue weighted by Gasteiger charge is 2.34. The van der Waals surface area contributed by atoms with Gasteiger partial charge in [0.25, 0.3) is 11.8 Å². The number of anilines is 1. The van der Waals surface area contributed by atoms with Crippen LogP contribution in [0.3, 0.4) is 0 Å². The average molecular weight is 418 g/mol. The van der Waals surface area contributed by atoms with Gasteiger partial charge < -0.3 is 4.74 Å². The van der Waals surface area contributed by atoms with Crippen molar-refractivity contribution in [3.8, 4) is 11.5 Å². The summed E-state index contributed by atoms with van der Waals surface area (Å²) in [6.07, 6.45) is 1.51. The van der Waals surface area contributed by atoms with Crippen molar-refractivity contribution >= 4 is 40.9 Å². The lowest BCUT2D eigenvalue weighted by atomic mass is 10.1. The number of hydrogen-bond donors (Lipinski definition) is 1. The fourth-order valence-corrected chi connectivity index (χ4v) is 3.37. The summed E-state index contributed by atoms with van der Waals surface area (Å²) >= 11 is 5.25. The minimum absolute atomic E-state index is 0.0174. The maximum atomic E-state index is 13.1. The first-order chi connectivity index (χ1) is 14.4. The Morgan fingerprint density at radius 3 is 2.33 bits per heavy atom. The number of amides is 2. The third-order valence-electron chi connectivity index (χ3n) is 4.51. The van der Waals surface area contributed by atoms with Gasteiger partial charge in [-0.3, -0.25) is 24.5 Å². The first kappa shape index (κ1) is 19.5. The summed E-state index contributed by atoms with van der Waals surface area (Å²) in [7, 11) is 1.75. The predicted molar refractivity (Wildman–Crippen MR) is 117 cm³/mol. The molecule has 150 valence electrons. The zero-order chi connectivity index (χ0) is 21.3. The van der Waals surface area contributed by atoms with E-state index in [-0.39, 0.29) is 10.7 Å². The maximum absolute atomic E-state index is 13.1. The number of nitrogens with zero attached hydrogens (tertiary/aromatic N) is 3. The molecule has 3 aromatic rings. The van der Waals surface area contributed by atoms with E-state index in [1.54, 1.807) is 42.1 Å². The highest BCUT2D eigenvalue weighted by molar-refractivity contribution is 7.80. The first-order valence-electron chi connectivity index (χ1n) is 9.17. The zero-order valence-corrected chi connectivity index (χ0v) is 17.1. The van der Waals surface area contributed by atoms with Crippen LogP contribution in [0.5, 0.6) is 11.5 Å². The van der Waals surface area contributed by atoms with Gasteiger partial charge in [-0.15, -0.1) is 0 Å². The second kappa shape index (κ2) is 7.92. The molecule has 0 bridgehead atoms. The number of carbonyl (C=O) groups excluding carboxylic acids is 2. The number of thiocarbonyl (C=S) groups is 1. The number of nitrogens with one attached hydrogen (secondary N) is 1. The predicted octanol–water partition coefficient (Wildman–Crippen LogP) is 3.35. The van der Waals surface area contributed by atoms with Crippen LogP contribution in [0.25, 0.3) is 6.08 Å². The molecule has 0 aliphatic carbocycles. The van der Waals surface area contributed by atoms with Gasteiger partial charge in [0.2, 0.25) is 0 Å². The Morgan fingerprint density at radius 1 is 1.03 bits per heavy atom. The van der Waals surface area contributed by atoms with Gasteiger partial charge in [-0.1, -0.05) is 18.2 Å². The second-order valence-corrected chi connectivity index (χ2v) is 7.09. The lowest BCUT2D eigenvalue weighted by Crippen LogP contribution is -2.54. The Bertz CT molecular complexity index is 1170. The topological polar surface area (TPSA) is 76.5 Å². The second-order valence-electron chi connectivity index (χ2n) is 6.70. The van der Waals surface area contributed by atoms with Gasteiger partial charge in [-0.2, -0.15) is 5.10 Å². The normalized spacial score (nSPS) is 15.5. The molecule has 0 atom stereocenters. The minimum Gasteiger partial charge on any atom is -0.457 e. The number of aryl methyl sites for hydroxylation is 2. The molecule has 0 radical (unpaired) electrons. The molecule has 8 heteroatoms. The number of hydrogen-bond acceptors (Lipinski definition) is 5. The Kier molecular flexibility index (Phi) is 5.16. The Labute approximate surface area is 178 Å². The van der Waals surface area contributed by atoms with Crippen molar-refractivity contribution in [3.63, 3.8) is 0 Å². The van der Waals surface area contributed by atoms with Gasteiger partial charge in [-0.25, -0.2) is 0 Å². The van der Waals surface area contributed by atoms with Crippen molar-refractivity contribution in [1.29, 1.82) is 0 Å². The van der Waals surface area contributed by atoms with Crippen molar-refractivity contribution in [1.82, 2.24) is 15.1 Å². The molecule has 1 saturated heterocycles. The lowest BCUT2D eigenvalue weighted by Gasteiger charge is -2.29. The number of ether oxygens (including phenoxy) is 1. The monoisotopic (exact) mass is 418 g/mol. The van der Waals surface area contributed by atoms with E-state index in [1.165, 1.54) is 11.0 Å². The summed E-state index contributed by atoms with van der Waals surface area (Å²) in [5.41, 5.74) is 1.94. The molecule has 2 heterocycles. The Morgan fingerprint density at radius 2 is 1.70 bits per heavy atom. The summed E-state index contributed by atoms with van der Waals surface area (Å²) in [5.74, 6) is 0.285. The molecule has 0 unspecified atom stereocenters. The number of carbonyl (C=O) groups is 2. The molecule has 4 rings (SSSR count). The number of aromatic nitrogens is 2. The molecular weight excluding hydrogens is 400 g/mol. The van der Waals surface area contributed by atoms with Crippen molar-refractivity contribution in [2.45, 2.75) is 6.92 Å². The third-order valence-corrected chi connectivity index (χ3v) is 4.79. The van der Waals surface area contributed by atoms with Crippen LogP contribution in [0.1, 0.15) is 11.4 Å². The van der Waals surface area contributed by atoms with Gasteiger partial charge in [0, 0.05) is 7.05 Å². The summed E-state index contributed by atoms with van der Waals surface area (Å²) in [6.45, 7) is 1.84. The van der Waals surface area contributed by atoms with E-state index in [4.69, 9.17) is 17.0 Å². The number of benzene rings is 2. The van der Waals surface area contributed by atoms with Crippen LogP contribution in [-0.4, -0.2) is 26.7 Å². The smallest absolute Gasteiger partial charge is 0.270 e. The summed E-state index contributed by atoms with van der Waals surface area (Å²) in [5, 5.41) is 6.84. The Hall–Kier alpha value is -3.78. The van der Waals surface area contributed by atoms with Gasteiger partial charge in [0.1, 0.15) is 17.1 Å². The summed E-state index contributed by atoms with van der Waals surface area (Å²) in [6, 6.07) is 18.1. The SMILES string of the molecule is Cc1cc(/C=C2/C(=O)NC(=S)N(c3ccc(Oc4ccccc4)cc3)C2=O)n(C)n1. The maximum Gasteiger partial charge on any atom is 0.270 e. The molecule has 1 aliphatic heterocycles. The standard InChI is InChI=1S/C22H18N4O3S/c1-14-12-16(25(2)24-14)13-19-20(27)23-22(30)26(21(19)28)15-8-10-18(11-9-15)29-17-6-4-3-5-7-17/h3-13H,1-2H3,(H,23,27,30)/b19-13-. The fraction of sp³-hybridized carbons (Fsp3) is 0.0909. The molecule has 30 heavy (non-hydrogen) atoms. The molecular formula is C22H18N4O3S. The number of para-hydroxylation sites is 1. The van der Waals surface area contributed by atoms with E-state index >= 15 is 0 Å². The van der Waals surface area contributed by atoms with Crippen LogP contribution < -0.4 is 15.0 Å². The molecule has 7 nitrogen and oxygen atoms in total. The van der Waals surface area contributed by atoms with Crippen LogP contribution in [0.4, 0.5) is 5.69 Å². The molecule has 1 aliphatic rings. The largest absolute Gasteiger partial charge is 0.457 e. The first-order valence-corrected chi connectivity index (χ1v) is 9.58. The highest BCUT2D eigenvalue weighted by Crippen LogP contribution is 2.27. The van der Waals surface area contributed by atoms with Gasteiger partial charge >= 0.3 is 0 Å². The number of rotatable bonds is 4. The highest BCUT2D eigenvalue weighted by atomic mass is 32.1. The van der Waals surface area contributed by atoms with Gasteiger partial charge in [-0.05, 0) is 67.7 Å². The van der Waals surface area contributed by atoms with E-state index in [0.29, 0.717) is 22.9 Å². The van der Waals surface area contributed by atoms with Crippen molar-refractivity contribution in [3.05, 3.63) is 77.6 Å². The zero-order valence-electron chi connectivity index (χ0n) is 16.3. The van der Waals surface area contributed by atoms with Crippen molar-refractivity contribution in [2.24, 2.45) is 7.05 Å². The van der Waals surface area contributed by atoms with Gasteiger partial charge in [0.05, 0.1) is 17.1 Å². The van der Waals surface area contributed by atoms with Gasteiger partial charge in [0.15, 0.2) is 5.11 Å². The quantitative estimate of drug-likeness (QED) is 0.400. The molecule has 2 aromatic carbocycles. The molecule has 1 N–H and O–H groups in total. The van der Waals surface area contributed by atoms with E-state index in [1.807, 2.05) is 37.3 Å². The average Bonchev–Trinajstić information content (AvgIpc) is 3.04. The van der Waals surface area contributed by atoms with Crippen LogP contribution in [0.15, 0.2) is 66.2 Å². The summed E-state index contributed by atoms with van der Waals surface area (Å²) in [4.78, 5) is 26.8. The van der Waals surface area contributed by atoms with E-state index in [9.17, 15) is 9.59 Å². The summed E-state index contributed by atoms with van der Waals surface area (Å²) < 4.78 is 7.39. The molecule has 0 saturated carbocycles. The molecule has 2 amide bonds. The fourth-order valence-electron chi connectivity index (χ4n) is 3.09. The molecule has 1 aromatic heterocycles. The van der Waals surface area contributed by atoms with Crippen LogP contribution in [0.2, 0.25) is 0 Å². The third kappa shape index (κ3) is 3.85. The lowest BCUT2D eigenvalue weighted by molar-refractivity contribution is -0.122. The van der Waals surface area contributed by atoms with E-state index < -0.39 is 11.8 Å². The molecule has 1 fully saturated rings. The molecule has 0 spiro atoms. The Balaban J connectivity index is 1.61.